The molecule has 0 aliphatic carbocycles. The zero-order valence-electron chi connectivity index (χ0n) is 19.5. The molecule has 0 atom stereocenters. The Bertz CT molecular complexity index is 1270. The van der Waals surface area contributed by atoms with E-state index in [4.69, 9.17) is 4.74 Å². The predicted molar refractivity (Wildman–Crippen MR) is 131 cm³/mol. The van der Waals surface area contributed by atoms with E-state index >= 15 is 0 Å². The van der Waals surface area contributed by atoms with Crippen LogP contribution in [0, 0.1) is 0 Å². The van der Waals surface area contributed by atoms with Crippen LogP contribution < -0.4 is 15.4 Å². The number of imide groups is 1. The van der Waals surface area contributed by atoms with Crippen molar-refractivity contribution in [2.45, 2.75) is 20.4 Å². The van der Waals surface area contributed by atoms with E-state index < -0.39 is 5.91 Å². The summed E-state index contributed by atoms with van der Waals surface area (Å²) in [6.45, 7) is 4.56. The minimum Gasteiger partial charge on any atom is -0.493 e. The number of carbonyl (C=O) groups is 4. The molecule has 0 aromatic heterocycles. The Morgan fingerprint density at radius 2 is 1.51 bits per heavy atom. The molecule has 3 aromatic carbocycles. The highest BCUT2D eigenvalue weighted by Gasteiger charge is 2.35. The fourth-order valence-corrected chi connectivity index (χ4v) is 3.87. The van der Waals surface area contributed by atoms with Gasteiger partial charge < -0.3 is 15.4 Å². The number of hydrogen-bond acceptors (Lipinski definition) is 5. The molecule has 4 rings (SSSR count). The van der Waals surface area contributed by atoms with Crippen molar-refractivity contribution in [2.75, 3.05) is 18.5 Å². The Balaban J connectivity index is 1.54. The molecular formula is C27H25N3O5. The zero-order valence-corrected chi connectivity index (χ0v) is 19.5. The maximum atomic E-state index is 13.1. The van der Waals surface area contributed by atoms with Gasteiger partial charge in [-0.25, -0.2) is 0 Å². The first-order valence-corrected chi connectivity index (χ1v) is 11.3. The Morgan fingerprint density at radius 1 is 0.857 bits per heavy atom. The van der Waals surface area contributed by atoms with Gasteiger partial charge in [-0.2, -0.15) is 0 Å². The first kappa shape index (κ1) is 23.7. The van der Waals surface area contributed by atoms with Gasteiger partial charge in [0.2, 0.25) is 0 Å². The van der Waals surface area contributed by atoms with E-state index in [9.17, 15) is 19.2 Å². The molecule has 0 spiro atoms. The first-order valence-electron chi connectivity index (χ1n) is 11.3. The van der Waals surface area contributed by atoms with Crippen LogP contribution in [0.15, 0.2) is 66.7 Å². The number of rotatable bonds is 8. The second kappa shape index (κ2) is 10.2. The Morgan fingerprint density at radius 3 is 2.11 bits per heavy atom. The number of nitrogens with zero attached hydrogens (tertiary/aromatic N) is 1. The minimum atomic E-state index is -0.413. The number of ether oxygens (including phenoxy) is 1. The van der Waals surface area contributed by atoms with Gasteiger partial charge >= 0.3 is 0 Å². The van der Waals surface area contributed by atoms with Gasteiger partial charge in [0.1, 0.15) is 5.75 Å². The third-order valence-electron chi connectivity index (χ3n) is 5.55. The molecule has 0 bridgehead atoms. The minimum absolute atomic E-state index is 0.0280. The molecule has 8 heteroatoms. The second-order valence-corrected chi connectivity index (χ2v) is 7.90. The molecule has 1 heterocycles. The number of hydrogen-bond donors (Lipinski definition) is 2. The molecular weight excluding hydrogens is 446 g/mol. The summed E-state index contributed by atoms with van der Waals surface area (Å²) in [4.78, 5) is 51.7. The Labute approximate surface area is 202 Å². The summed E-state index contributed by atoms with van der Waals surface area (Å²) >= 11 is 0. The maximum Gasteiger partial charge on any atom is 0.261 e. The highest BCUT2D eigenvalue weighted by molar-refractivity contribution is 6.21. The summed E-state index contributed by atoms with van der Waals surface area (Å²) in [5, 5.41) is 5.53. The molecule has 178 valence electrons. The molecule has 0 unspecified atom stereocenters. The molecule has 0 fully saturated rings. The second-order valence-electron chi connectivity index (χ2n) is 7.90. The fraction of sp³-hybridized carbons (Fsp3) is 0.185. The topological polar surface area (TPSA) is 105 Å². The van der Waals surface area contributed by atoms with E-state index in [2.05, 4.69) is 10.6 Å². The SMILES string of the molecule is CCNC(=O)c1ccc(NC(=O)c2cc(CN3C(=O)c4ccccc4C3=O)ccc2OCC)cc1. The van der Waals surface area contributed by atoms with Crippen molar-refractivity contribution < 1.29 is 23.9 Å². The molecule has 0 saturated carbocycles. The average Bonchev–Trinajstić information content (AvgIpc) is 3.10. The third kappa shape index (κ3) is 4.91. The summed E-state index contributed by atoms with van der Waals surface area (Å²) in [5.41, 5.74) is 2.63. The van der Waals surface area contributed by atoms with Crippen LogP contribution in [0.1, 0.15) is 60.8 Å². The van der Waals surface area contributed by atoms with Crippen molar-refractivity contribution in [1.82, 2.24) is 10.2 Å². The van der Waals surface area contributed by atoms with Crippen molar-refractivity contribution in [3.05, 3.63) is 94.5 Å². The van der Waals surface area contributed by atoms with Crippen molar-refractivity contribution in [1.29, 1.82) is 0 Å². The number of amides is 4. The van der Waals surface area contributed by atoms with Crippen molar-refractivity contribution in [3.8, 4) is 5.75 Å². The Kier molecular flexibility index (Phi) is 6.91. The predicted octanol–water partition coefficient (Wildman–Crippen LogP) is 3.88. The number of benzene rings is 3. The lowest BCUT2D eigenvalue weighted by atomic mass is 10.1. The van der Waals surface area contributed by atoms with Crippen LogP contribution in [0.2, 0.25) is 0 Å². The van der Waals surface area contributed by atoms with Gasteiger partial charge in [-0.05, 0) is 67.9 Å². The van der Waals surface area contributed by atoms with E-state index in [1.165, 1.54) is 4.90 Å². The summed E-state index contributed by atoms with van der Waals surface area (Å²) in [7, 11) is 0. The zero-order chi connectivity index (χ0) is 24.9. The van der Waals surface area contributed by atoms with Gasteiger partial charge in [0.25, 0.3) is 23.6 Å². The lowest BCUT2D eigenvalue weighted by Crippen LogP contribution is -2.29. The molecule has 2 N–H and O–H groups in total. The van der Waals surface area contributed by atoms with Crippen molar-refractivity contribution in [3.63, 3.8) is 0 Å². The van der Waals surface area contributed by atoms with Gasteiger partial charge in [-0.15, -0.1) is 0 Å². The molecule has 0 radical (unpaired) electrons. The van der Waals surface area contributed by atoms with Crippen LogP contribution in [-0.2, 0) is 6.54 Å². The van der Waals surface area contributed by atoms with E-state index in [-0.39, 0.29) is 29.8 Å². The van der Waals surface area contributed by atoms with E-state index in [1.807, 2.05) is 13.8 Å². The fourth-order valence-electron chi connectivity index (χ4n) is 3.87. The summed E-state index contributed by atoms with van der Waals surface area (Å²) < 4.78 is 5.63. The number of nitrogens with one attached hydrogen (secondary N) is 2. The number of anilines is 1. The normalized spacial score (nSPS) is 12.3. The van der Waals surface area contributed by atoms with Crippen LogP contribution in [0.5, 0.6) is 5.75 Å². The van der Waals surface area contributed by atoms with Gasteiger partial charge in [0.05, 0.1) is 29.8 Å². The van der Waals surface area contributed by atoms with Gasteiger partial charge in [-0.1, -0.05) is 18.2 Å². The average molecular weight is 472 g/mol. The smallest absolute Gasteiger partial charge is 0.261 e. The lowest BCUT2D eigenvalue weighted by Gasteiger charge is -2.16. The molecule has 8 nitrogen and oxygen atoms in total. The highest BCUT2D eigenvalue weighted by Crippen LogP contribution is 2.27. The van der Waals surface area contributed by atoms with Gasteiger partial charge in [-0.3, -0.25) is 24.1 Å². The van der Waals surface area contributed by atoms with E-state index in [0.717, 1.165) is 0 Å². The molecule has 0 saturated heterocycles. The first-order chi connectivity index (χ1) is 16.9. The molecule has 1 aliphatic heterocycles. The lowest BCUT2D eigenvalue weighted by molar-refractivity contribution is 0.0642. The summed E-state index contributed by atoms with van der Waals surface area (Å²) in [5.74, 6) is -0.946. The van der Waals surface area contributed by atoms with Crippen LogP contribution in [0.4, 0.5) is 5.69 Å². The quantitative estimate of drug-likeness (QED) is 0.485. The van der Waals surface area contributed by atoms with Crippen molar-refractivity contribution in [2.24, 2.45) is 0 Å². The third-order valence-corrected chi connectivity index (χ3v) is 5.55. The van der Waals surface area contributed by atoms with Gasteiger partial charge in [0, 0.05) is 17.8 Å². The van der Waals surface area contributed by atoms with E-state index in [0.29, 0.717) is 46.8 Å². The standard InChI is InChI=1S/C27H25N3O5/c1-3-28-24(31)18-10-12-19(13-11-18)29-25(32)22-15-17(9-14-23(22)35-4-2)16-30-26(33)20-7-5-6-8-21(20)27(30)34/h5-15H,3-4,16H2,1-2H3,(H,28,31)(H,29,32). The molecule has 1 aliphatic rings. The van der Waals surface area contributed by atoms with Crippen LogP contribution >= 0.6 is 0 Å². The van der Waals surface area contributed by atoms with Crippen LogP contribution in [0.3, 0.4) is 0 Å². The molecule has 35 heavy (non-hydrogen) atoms. The highest BCUT2D eigenvalue weighted by atomic mass is 16.5. The number of fused-ring (bicyclic) bond motifs is 1. The van der Waals surface area contributed by atoms with Crippen molar-refractivity contribution >= 4 is 29.3 Å². The maximum absolute atomic E-state index is 13.1. The summed E-state index contributed by atoms with van der Waals surface area (Å²) in [6.07, 6.45) is 0. The van der Waals surface area contributed by atoms with Crippen LogP contribution in [-0.4, -0.2) is 41.7 Å². The molecule has 3 aromatic rings. The monoisotopic (exact) mass is 471 g/mol. The largest absolute Gasteiger partial charge is 0.493 e. The number of carbonyl (C=O) groups excluding carboxylic acids is 4. The summed E-state index contributed by atoms with van der Waals surface area (Å²) in [6, 6.07) is 18.2. The van der Waals surface area contributed by atoms with E-state index in [1.54, 1.807) is 66.7 Å². The van der Waals surface area contributed by atoms with Gasteiger partial charge in [0.15, 0.2) is 0 Å². The van der Waals surface area contributed by atoms with Crippen LogP contribution in [0.25, 0.3) is 0 Å². The Hall–Kier alpha value is -4.46. The molecule has 4 amide bonds.